The SMILES string of the molecule is CCCc1nnsc1C(=O)N(C)c1snc(C)c1C(=O)O. The summed E-state index contributed by atoms with van der Waals surface area (Å²) in [5, 5.41) is 13.5. The van der Waals surface area contributed by atoms with E-state index in [9.17, 15) is 14.7 Å². The Hall–Kier alpha value is -1.87. The minimum absolute atomic E-state index is 0.0605. The van der Waals surface area contributed by atoms with Gasteiger partial charge in [0.25, 0.3) is 5.91 Å². The van der Waals surface area contributed by atoms with Crippen molar-refractivity contribution in [2.75, 3.05) is 11.9 Å². The molecule has 0 unspecified atom stereocenters. The van der Waals surface area contributed by atoms with Gasteiger partial charge in [-0.05, 0) is 36.4 Å². The second-order valence-electron chi connectivity index (χ2n) is 4.42. The van der Waals surface area contributed by atoms with Crippen molar-refractivity contribution >= 4 is 39.9 Å². The molecule has 112 valence electrons. The molecule has 1 amide bonds. The van der Waals surface area contributed by atoms with E-state index >= 15 is 0 Å². The summed E-state index contributed by atoms with van der Waals surface area (Å²) in [6, 6.07) is 0. The quantitative estimate of drug-likeness (QED) is 0.905. The summed E-state index contributed by atoms with van der Waals surface area (Å²) in [6.07, 6.45) is 1.52. The van der Waals surface area contributed by atoms with Crippen molar-refractivity contribution in [3.05, 3.63) is 21.8 Å². The molecule has 0 aliphatic carbocycles. The van der Waals surface area contributed by atoms with Crippen LogP contribution in [0.2, 0.25) is 0 Å². The first-order valence-electron chi connectivity index (χ1n) is 6.26. The fourth-order valence-corrected chi connectivity index (χ4v) is 3.38. The first-order valence-corrected chi connectivity index (χ1v) is 7.80. The van der Waals surface area contributed by atoms with Gasteiger partial charge in [-0.25, -0.2) is 4.79 Å². The van der Waals surface area contributed by atoms with Crippen LogP contribution in [0, 0.1) is 6.92 Å². The standard InChI is InChI=1S/C12H14N4O3S2/c1-4-5-7-9(20-15-13-7)10(17)16(3)11-8(12(18)19)6(2)14-21-11/h4-5H2,1-3H3,(H,18,19). The van der Waals surface area contributed by atoms with Gasteiger partial charge >= 0.3 is 5.97 Å². The minimum Gasteiger partial charge on any atom is -0.478 e. The van der Waals surface area contributed by atoms with Gasteiger partial charge in [-0.3, -0.25) is 9.69 Å². The van der Waals surface area contributed by atoms with Gasteiger partial charge in [-0.1, -0.05) is 17.8 Å². The van der Waals surface area contributed by atoms with Crippen LogP contribution in [0.25, 0.3) is 0 Å². The Balaban J connectivity index is 2.36. The molecule has 0 radical (unpaired) electrons. The summed E-state index contributed by atoms with van der Waals surface area (Å²) < 4.78 is 7.84. The number of aryl methyl sites for hydroxylation is 2. The van der Waals surface area contributed by atoms with Gasteiger partial charge in [0.1, 0.15) is 15.4 Å². The molecule has 9 heteroatoms. The van der Waals surface area contributed by atoms with E-state index < -0.39 is 5.97 Å². The lowest BCUT2D eigenvalue weighted by atomic mass is 10.2. The minimum atomic E-state index is -1.09. The lowest BCUT2D eigenvalue weighted by molar-refractivity contribution is 0.0697. The molecule has 21 heavy (non-hydrogen) atoms. The highest BCUT2D eigenvalue weighted by Crippen LogP contribution is 2.29. The second kappa shape index (κ2) is 6.27. The molecule has 2 heterocycles. The van der Waals surface area contributed by atoms with Crippen LogP contribution < -0.4 is 4.90 Å². The van der Waals surface area contributed by atoms with E-state index in [2.05, 4.69) is 14.0 Å². The molecule has 0 atom stereocenters. The fourth-order valence-electron chi connectivity index (χ4n) is 1.85. The van der Waals surface area contributed by atoms with Crippen molar-refractivity contribution in [2.24, 2.45) is 0 Å². The van der Waals surface area contributed by atoms with Crippen LogP contribution in [0.1, 0.15) is 44.8 Å². The Morgan fingerprint density at radius 1 is 1.33 bits per heavy atom. The Labute approximate surface area is 129 Å². The second-order valence-corrected chi connectivity index (χ2v) is 5.92. The highest BCUT2D eigenvalue weighted by molar-refractivity contribution is 7.11. The molecule has 0 aromatic carbocycles. The van der Waals surface area contributed by atoms with Crippen molar-refractivity contribution in [3.8, 4) is 0 Å². The predicted molar refractivity (Wildman–Crippen MR) is 80.4 cm³/mol. The first-order chi connectivity index (χ1) is 9.97. The largest absolute Gasteiger partial charge is 0.478 e. The number of amides is 1. The smallest absolute Gasteiger partial charge is 0.340 e. The summed E-state index contributed by atoms with van der Waals surface area (Å²) in [4.78, 5) is 25.6. The Kier molecular flexibility index (Phi) is 4.63. The maximum absolute atomic E-state index is 12.5. The van der Waals surface area contributed by atoms with Gasteiger partial charge in [0.05, 0.1) is 11.4 Å². The number of anilines is 1. The molecule has 0 aliphatic heterocycles. The van der Waals surface area contributed by atoms with Crippen molar-refractivity contribution < 1.29 is 14.7 Å². The molecule has 0 aliphatic rings. The third-order valence-electron chi connectivity index (χ3n) is 2.90. The molecule has 0 fully saturated rings. The van der Waals surface area contributed by atoms with E-state index in [1.54, 1.807) is 6.92 Å². The van der Waals surface area contributed by atoms with Crippen LogP contribution in [-0.4, -0.2) is 38.0 Å². The molecule has 2 rings (SSSR count). The summed E-state index contributed by atoms with van der Waals surface area (Å²) in [5.74, 6) is -1.40. The molecule has 2 aromatic rings. The zero-order valence-electron chi connectivity index (χ0n) is 11.8. The Morgan fingerprint density at radius 2 is 2.05 bits per heavy atom. The number of hydrogen-bond acceptors (Lipinski definition) is 7. The van der Waals surface area contributed by atoms with Crippen LogP contribution in [0.3, 0.4) is 0 Å². The third-order valence-corrected chi connectivity index (χ3v) is 4.68. The Morgan fingerprint density at radius 3 is 2.67 bits per heavy atom. The number of carboxylic acid groups (broad SMARTS) is 1. The van der Waals surface area contributed by atoms with Gasteiger partial charge in [0.15, 0.2) is 0 Å². The number of aromatic carboxylic acids is 1. The van der Waals surface area contributed by atoms with Gasteiger partial charge in [0.2, 0.25) is 0 Å². The van der Waals surface area contributed by atoms with Gasteiger partial charge in [-0.15, -0.1) is 5.10 Å². The normalized spacial score (nSPS) is 10.6. The van der Waals surface area contributed by atoms with Crippen LogP contribution in [0.5, 0.6) is 0 Å². The van der Waals surface area contributed by atoms with Gasteiger partial charge < -0.3 is 5.11 Å². The van der Waals surface area contributed by atoms with E-state index in [0.717, 1.165) is 29.5 Å². The van der Waals surface area contributed by atoms with E-state index in [-0.39, 0.29) is 11.5 Å². The molecule has 0 saturated carbocycles. The number of carbonyl (C=O) groups excluding carboxylic acids is 1. The van der Waals surface area contributed by atoms with E-state index in [1.165, 1.54) is 11.9 Å². The van der Waals surface area contributed by atoms with Gasteiger partial charge in [-0.2, -0.15) is 4.37 Å². The lowest BCUT2D eigenvalue weighted by Gasteiger charge is -2.15. The Bertz CT molecular complexity index is 680. The molecule has 7 nitrogen and oxygen atoms in total. The number of carboxylic acids is 1. The van der Waals surface area contributed by atoms with Crippen molar-refractivity contribution in [3.63, 3.8) is 0 Å². The number of aromatic nitrogens is 3. The van der Waals surface area contributed by atoms with E-state index in [4.69, 9.17) is 0 Å². The molecule has 1 N–H and O–H groups in total. The maximum atomic E-state index is 12.5. The van der Waals surface area contributed by atoms with Crippen LogP contribution in [0.4, 0.5) is 5.00 Å². The highest BCUT2D eigenvalue weighted by Gasteiger charge is 2.27. The van der Waals surface area contributed by atoms with Crippen LogP contribution >= 0.6 is 23.1 Å². The monoisotopic (exact) mass is 326 g/mol. The number of carbonyl (C=O) groups is 2. The summed E-state index contributed by atoms with van der Waals surface area (Å²) in [7, 11) is 1.54. The van der Waals surface area contributed by atoms with Crippen molar-refractivity contribution in [1.82, 2.24) is 14.0 Å². The molecule has 0 bridgehead atoms. The molecular weight excluding hydrogens is 312 g/mol. The number of hydrogen-bond donors (Lipinski definition) is 1. The zero-order chi connectivity index (χ0) is 15.6. The number of nitrogens with zero attached hydrogens (tertiary/aromatic N) is 4. The average molecular weight is 326 g/mol. The predicted octanol–water partition coefficient (Wildman–Crippen LogP) is 2.23. The topological polar surface area (TPSA) is 96.3 Å². The van der Waals surface area contributed by atoms with E-state index in [0.29, 0.717) is 27.7 Å². The maximum Gasteiger partial charge on any atom is 0.340 e. The van der Waals surface area contributed by atoms with Crippen LogP contribution in [-0.2, 0) is 6.42 Å². The molecular formula is C12H14N4O3S2. The third kappa shape index (κ3) is 2.93. The number of rotatable bonds is 5. The summed E-state index contributed by atoms with van der Waals surface area (Å²) in [6.45, 7) is 3.60. The molecule has 2 aromatic heterocycles. The van der Waals surface area contributed by atoms with Crippen molar-refractivity contribution in [2.45, 2.75) is 26.7 Å². The summed E-state index contributed by atoms with van der Waals surface area (Å²) >= 11 is 2.02. The zero-order valence-corrected chi connectivity index (χ0v) is 13.4. The molecule has 0 spiro atoms. The first kappa shape index (κ1) is 15.5. The lowest BCUT2D eigenvalue weighted by Crippen LogP contribution is -2.27. The molecule has 0 saturated heterocycles. The van der Waals surface area contributed by atoms with E-state index in [1.807, 2.05) is 6.92 Å². The summed E-state index contributed by atoms with van der Waals surface area (Å²) in [5.41, 5.74) is 1.11. The van der Waals surface area contributed by atoms with Gasteiger partial charge in [0, 0.05) is 7.05 Å². The highest BCUT2D eigenvalue weighted by atomic mass is 32.1. The van der Waals surface area contributed by atoms with Crippen molar-refractivity contribution in [1.29, 1.82) is 0 Å². The fraction of sp³-hybridized carbons (Fsp3) is 0.417. The van der Waals surface area contributed by atoms with Crippen LogP contribution in [0.15, 0.2) is 0 Å². The average Bonchev–Trinajstić information content (AvgIpc) is 3.04.